The summed E-state index contributed by atoms with van der Waals surface area (Å²) in [5.41, 5.74) is 1.19. The van der Waals surface area contributed by atoms with E-state index in [4.69, 9.17) is 0 Å². The number of rotatable bonds is 8. The Bertz CT molecular complexity index is 538. The van der Waals surface area contributed by atoms with Crippen LogP contribution in [0.5, 0.6) is 0 Å². The summed E-state index contributed by atoms with van der Waals surface area (Å²) in [4.78, 5) is 27.0. The fourth-order valence-electron chi connectivity index (χ4n) is 3.50. The highest BCUT2D eigenvalue weighted by atomic mass is 16.2. The van der Waals surface area contributed by atoms with Crippen molar-refractivity contribution < 1.29 is 9.59 Å². The minimum Gasteiger partial charge on any atom is -0.352 e. The zero-order valence-electron chi connectivity index (χ0n) is 15.7. The molecule has 25 heavy (non-hydrogen) atoms. The molecule has 1 aromatic rings. The normalized spacial score (nSPS) is 16.2. The maximum Gasteiger partial charge on any atom is 0.242 e. The van der Waals surface area contributed by atoms with Crippen LogP contribution in [0.3, 0.4) is 0 Å². The van der Waals surface area contributed by atoms with Gasteiger partial charge >= 0.3 is 0 Å². The van der Waals surface area contributed by atoms with E-state index in [1.165, 1.54) is 24.8 Å². The van der Waals surface area contributed by atoms with Gasteiger partial charge in [0.25, 0.3) is 0 Å². The number of nitrogens with zero attached hydrogens (tertiary/aromatic N) is 1. The Kier molecular flexibility index (Phi) is 7.96. The van der Waals surface area contributed by atoms with Gasteiger partial charge in [0.2, 0.25) is 11.8 Å². The predicted molar refractivity (Wildman–Crippen MR) is 101 cm³/mol. The van der Waals surface area contributed by atoms with Gasteiger partial charge in [-0.05, 0) is 38.2 Å². The quantitative estimate of drug-likeness (QED) is 0.782. The van der Waals surface area contributed by atoms with E-state index >= 15 is 0 Å². The maximum absolute atomic E-state index is 12.7. The molecule has 138 valence electrons. The topological polar surface area (TPSA) is 49.4 Å². The summed E-state index contributed by atoms with van der Waals surface area (Å²) in [7, 11) is 0. The molecule has 4 heteroatoms. The van der Waals surface area contributed by atoms with Crippen LogP contribution in [0.2, 0.25) is 0 Å². The highest BCUT2D eigenvalue weighted by Gasteiger charge is 2.27. The Hall–Kier alpha value is -1.84. The van der Waals surface area contributed by atoms with Gasteiger partial charge in [0.15, 0.2) is 0 Å². The molecule has 0 aliphatic heterocycles. The lowest BCUT2D eigenvalue weighted by atomic mass is 9.95. The van der Waals surface area contributed by atoms with Gasteiger partial charge in [-0.1, -0.05) is 56.5 Å². The molecule has 1 fully saturated rings. The molecule has 2 rings (SSSR count). The lowest BCUT2D eigenvalue weighted by Gasteiger charge is -2.31. The highest BCUT2D eigenvalue weighted by Crippen LogP contribution is 2.18. The van der Waals surface area contributed by atoms with Crippen molar-refractivity contribution in [3.63, 3.8) is 0 Å². The third-order valence-corrected chi connectivity index (χ3v) is 5.07. The molecule has 1 atom stereocenters. The molecule has 4 nitrogen and oxygen atoms in total. The zero-order chi connectivity index (χ0) is 18.1. The van der Waals surface area contributed by atoms with E-state index in [1.54, 1.807) is 4.90 Å². The Balaban J connectivity index is 1.97. The fraction of sp³-hybridized carbons (Fsp3) is 0.619. The first-order valence-electron chi connectivity index (χ1n) is 9.75. The van der Waals surface area contributed by atoms with Gasteiger partial charge in [0.1, 0.15) is 6.04 Å². The minimum atomic E-state index is -0.412. The van der Waals surface area contributed by atoms with Crippen LogP contribution in [0.4, 0.5) is 0 Å². The van der Waals surface area contributed by atoms with Crippen molar-refractivity contribution in [2.45, 2.75) is 77.3 Å². The lowest BCUT2D eigenvalue weighted by molar-refractivity contribution is -0.140. The second-order valence-electron chi connectivity index (χ2n) is 7.09. The average molecular weight is 344 g/mol. The molecule has 0 aromatic heterocycles. The van der Waals surface area contributed by atoms with Crippen molar-refractivity contribution in [2.75, 3.05) is 6.54 Å². The van der Waals surface area contributed by atoms with Crippen molar-refractivity contribution in [3.05, 3.63) is 35.9 Å². The molecular formula is C21H32N2O2. The van der Waals surface area contributed by atoms with Crippen LogP contribution in [-0.2, 0) is 16.0 Å². The Morgan fingerprint density at radius 1 is 1.16 bits per heavy atom. The third kappa shape index (κ3) is 6.18. The van der Waals surface area contributed by atoms with Gasteiger partial charge in [-0.2, -0.15) is 0 Å². The van der Waals surface area contributed by atoms with Crippen LogP contribution >= 0.6 is 0 Å². The fourth-order valence-corrected chi connectivity index (χ4v) is 3.50. The van der Waals surface area contributed by atoms with Crippen LogP contribution in [0.15, 0.2) is 30.3 Å². The van der Waals surface area contributed by atoms with E-state index in [-0.39, 0.29) is 17.9 Å². The molecule has 1 N–H and O–H groups in total. The molecule has 0 unspecified atom stereocenters. The second kappa shape index (κ2) is 10.2. The van der Waals surface area contributed by atoms with Gasteiger partial charge < -0.3 is 10.2 Å². The van der Waals surface area contributed by atoms with E-state index in [0.29, 0.717) is 13.0 Å². The smallest absolute Gasteiger partial charge is 0.242 e. The van der Waals surface area contributed by atoms with Crippen molar-refractivity contribution in [1.82, 2.24) is 10.2 Å². The molecule has 0 bridgehead atoms. The highest BCUT2D eigenvalue weighted by molar-refractivity contribution is 5.87. The summed E-state index contributed by atoms with van der Waals surface area (Å²) < 4.78 is 0. The number of hydrogen-bond donors (Lipinski definition) is 1. The zero-order valence-corrected chi connectivity index (χ0v) is 15.7. The van der Waals surface area contributed by atoms with Gasteiger partial charge in [0.05, 0.1) is 0 Å². The van der Waals surface area contributed by atoms with Crippen LogP contribution in [0, 0.1) is 0 Å². The van der Waals surface area contributed by atoms with Crippen LogP contribution < -0.4 is 5.32 Å². The van der Waals surface area contributed by atoms with Gasteiger partial charge in [-0.3, -0.25) is 9.59 Å². The van der Waals surface area contributed by atoms with Gasteiger partial charge in [-0.15, -0.1) is 0 Å². The molecule has 1 aliphatic rings. The minimum absolute atomic E-state index is 0.00980. The molecule has 0 spiro atoms. The summed E-state index contributed by atoms with van der Waals surface area (Å²) in [6.45, 7) is 4.44. The first-order chi connectivity index (χ1) is 12.1. The molecule has 0 heterocycles. The lowest BCUT2D eigenvalue weighted by Crippen LogP contribution is -2.51. The van der Waals surface area contributed by atoms with Gasteiger partial charge in [0, 0.05) is 19.0 Å². The monoisotopic (exact) mass is 344 g/mol. The summed E-state index contributed by atoms with van der Waals surface area (Å²) in [6, 6.07) is 10.00. The third-order valence-electron chi connectivity index (χ3n) is 5.07. The Labute approximate surface area is 152 Å². The molecule has 1 aliphatic carbocycles. The molecule has 1 saturated carbocycles. The summed E-state index contributed by atoms with van der Waals surface area (Å²) in [5.74, 6) is 0.0640. The van der Waals surface area contributed by atoms with Crippen LogP contribution in [-0.4, -0.2) is 35.3 Å². The summed E-state index contributed by atoms with van der Waals surface area (Å²) in [5, 5.41) is 3.16. The number of carbonyl (C=O) groups is 2. The van der Waals surface area contributed by atoms with Crippen LogP contribution in [0.1, 0.15) is 64.4 Å². The largest absolute Gasteiger partial charge is 0.352 e. The van der Waals surface area contributed by atoms with Crippen molar-refractivity contribution >= 4 is 11.8 Å². The summed E-state index contributed by atoms with van der Waals surface area (Å²) >= 11 is 0. The molecular weight excluding hydrogens is 312 g/mol. The average Bonchev–Trinajstić information content (AvgIpc) is 2.63. The SMILES string of the molecule is CCCC(=O)N(CCc1ccccc1)[C@@H](C)C(=O)NC1CCCCC1. The molecule has 0 saturated heterocycles. The number of hydrogen-bond acceptors (Lipinski definition) is 2. The van der Waals surface area contributed by atoms with Crippen molar-refractivity contribution in [3.8, 4) is 0 Å². The van der Waals surface area contributed by atoms with E-state index in [2.05, 4.69) is 17.4 Å². The first-order valence-corrected chi connectivity index (χ1v) is 9.75. The van der Waals surface area contributed by atoms with E-state index < -0.39 is 6.04 Å². The first kappa shape index (κ1) is 19.5. The Morgan fingerprint density at radius 2 is 1.84 bits per heavy atom. The van der Waals surface area contributed by atoms with E-state index in [9.17, 15) is 9.59 Å². The second-order valence-corrected chi connectivity index (χ2v) is 7.09. The maximum atomic E-state index is 12.7. The number of amides is 2. The van der Waals surface area contributed by atoms with Crippen molar-refractivity contribution in [2.24, 2.45) is 0 Å². The number of nitrogens with one attached hydrogen (secondary N) is 1. The van der Waals surface area contributed by atoms with Crippen LogP contribution in [0.25, 0.3) is 0 Å². The standard InChI is InChI=1S/C21H32N2O2/c1-3-10-20(24)23(16-15-18-11-6-4-7-12-18)17(2)21(25)22-19-13-8-5-9-14-19/h4,6-7,11-12,17,19H,3,5,8-10,13-16H2,1-2H3,(H,22,25)/t17-/m0/s1. The molecule has 0 radical (unpaired) electrons. The Morgan fingerprint density at radius 3 is 2.48 bits per heavy atom. The van der Waals surface area contributed by atoms with E-state index in [0.717, 1.165) is 25.7 Å². The van der Waals surface area contributed by atoms with Crippen molar-refractivity contribution in [1.29, 1.82) is 0 Å². The molecule has 2 amide bonds. The number of carbonyl (C=O) groups excluding carboxylic acids is 2. The summed E-state index contributed by atoms with van der Waals surface area (Å²) in [6.07, 6.45) is 7.83. The van der Waals surface area contributed by atoms with E-state index in [1.807, 2.05) is 32.0 Å². The molecule has 1 aromatic carbocycles. The predicted octanol–water partition coefficient (Wildman–Crippen LogP) is 3.70. The number of benzene rings is 1. The van der Waals surface area contributed by atoms with Gasteiger partial charge in [-0.25, -0.2) is 0 Å².